The van der Waals surface area contributed by atoms with Crippen molar-refractivity contribution in [3.05, 3.63) is 83.4 Å². The standard InChI is InChI=1S/C27H33NO2/c1-20-9-10-23-16-24(12-11-22(23)15-20)27(29)14-13-26(17-25(27)18-28(2)3)30-19-21-7-5-4-6-8-21/h4-12,15-16,25-26,29H,13-14,17-19H2,1-3H3. The van der Waals surface area contributed by atoms with Gasteiger partial charge < -0.3 is 14.7 Å². The number of nitrogens with zero attached hydrogens (tertiary/aromatic N) is 1. The van der Waals surface area contributed by atoms with Crippen molar-refractivity contribution >= 4 is 10.8 Å². The molecule has 3 unspecified atom stereocenters. The second kappa shape index (κ2) is 8.89. The summed E-state index contributed by atoms with van der Waals surface area (Å²) in [6.07, 6.45) is 2.65. The molecular formula is C27H33NO2. The van der Waals surface area contributed by atoms with Crippen molar-refractivity contribution in [2.75, 3.05) is 20.6 Å². The van der Waals surface area contributed by atoms with Gasteiger partial charge in [-0.05, 0) is 68.2 Å². The lowest BCUT2D eigenvalue weighted by Gasteiger charge is -2.44. The average molecular weight is 404 g/mol. The van der Waals surface area contributed by atoms with Gasteiger partial charge in [0, 0.05) is 12.5 Å². The molecule has 3 nitrogen and oxygen atoms in total. The van der Waals surface area contributed by atoms with E-state index in [9.17, 15) is 5.11 Å². The third-order valence-corrected chi connectivity index (χ3v) is 6.48. The number of aryl methyl sites for hydroxylation is 1. The molecule has 1 fully saturated rings. The molecule has 0 saturated heterocycles. The molecule has 3 aromatic carbocycles. The topological polar surface area (TPSA) is 32.7 Å². The Morgan fingerprint density at radius 3 is 2.50 bits per heavy atom. The lowest BCUT2D eigenvalue weighted by molar-refractivity contribution is -0.110. The van der Waals surface area contributed by atoms with Crippen molar-refractivity contribution in [2.45, 2.75) is 44.5 Å². The molecule has 1 aliphatic carbocycles. The molecule has 1 saturated carbocycles. The summed E-state index contributed by atoms with van der Waals surface area (Å²) < 4.78 is 6.26. The molecule has 3 atom stereocenters. The summed E-state index contributed by atoms with van der Waals surface area (Å²) in [7, 11) is 4.16. The minimum atomic E-state index is -0.823. The van der Waals surface area contributed by atoms with Crippen LogP contribution in [0.1, 0.15) is 36.0 Å². The molecule has 0 amide bonds. The highest BCUT2D eigenvalue weighted by atomic mass is 16.5. The fraction of sp³-hybridized carbons (Fsp3) is 0.407. The molecule has 0 aromatic heterocycles. The summed E-state index contributed by atoms with van der Waals surface area (Å²) in [4.78, 5) is 2.18. The van der Waals surface area contributed by atoms with Gasteiger partial charge in [-0.2, -0.15) is 0 Å². The highest BCUT2D eigenvalue weighted by Gasteiger charge is 2.43. The first-order valence-electron chi connectivity index (χ1n) is 11.0. The number of ether oxygens (including phenoxy) is 1. The molecule has 0 radical (unpaired) electrons. The Kier molecular flexibility index (Phi) is 6.24. The fourth-order valence-electron chi connectivity index (χ4n) is 4.84. The van der Waals surface area contributed by atoms with E-state index in [2.05, 4.69) is 74.4 Å². The summed E-state index contributed by atoms with van der Waals surface area (Å²) >= 11 is 0. The number of rotatable bonds is 6. The molecule has 0 aliphatic heterocycles. The van der Waals surface area contributed by atoms with Crippen LogP contribution in [0, 0.1) is 12.8 Å². The summed E-state index contributed by atoms with van der Waals surface area (Å²) in [5.41, 5.74) is 2.67. The maximum atomic E-state index is 11.9. The summed E-state index contributed by atoms with van der Waals surface area (Å²) in [6, 6.07) is 23.3. The maximum Gasteiger partial charge on any atom is 0.0938 e. The van der Waals surface area contributed by atoms with Crippen molar-refractivity contribution in [2.24, 2.45) is 5.92 Å². The Balaban J connectivity index is 1.55. The van der Waals surface area contributed by atoms with Crippen LogP contribution in [0.3, 0.4) is 0 Å². The van der Waals surface area contributed by atoms with Crippen LogP contribution in [0.2, 0.25) is 0 Å². The quantitative estimate of drug-likeness (QED) is 0.608. The molecule has 0 spiro atoms. The predicted octanol–water partition coefficient (Wildman–Crippen LogP) is 5.28. The van der Waals surface area contributed by atoms with Gasteiger partial charge in [0.2, 0.25) is 0 Å². The molecule has 1 N–H and O–H groups in total. The van der Waals surface area contributed by atoms with Gasteiger partial charge in [-0.3, -0.25) is 0 Å². The highest BCUT2D eigenvalue weighted by molar-refractivity contribution is 5.84. The first-order chi connectivity index (χ1) is 14.4. The predicted molar refractivity (Wildman–Crippen MR) is 123 cm³/mol. The van der Waals surface area contributed by atoms with Gasteiger partial charge in [0.15, 0.2) is 0 Å². The van der Waals surface area contributed by atoms with E-state index in [1.54, 1.807) is 0 Å². The van der Waals surface area contributed by atoms with Crippen LogP contribution in [-0.4, -0.2) is 36.8 Å². The maximum absolute atomic E-state index is 11.9. The van der Waals surface area contributed by atoms with E-state index < -0.39 is 5.60 Å². The van der Waals surface area contributed by atoms with Gasteiger partial charge in [0.1, 0.15) is 0 Å². The van der Waals surface area contributed by atoms with Crippen LogP contribution in [0.15, 0.2) is 66.7 Å². The lowest BCUT2D eigenvalue weighted by Crippen LogP contribution is -2.46. The molecule has 30 heavy (non-hydrogen) atoms. The van der Waals surface area contributed by atoms with Crippen molar-refractivity contribution in [3.8, 4) is 0 Å². The zero-order valence-electron chi connectivity index (χ0n) is 18.3. The van der Waals surface area contributed by atoms with E-state index in [1.807, 2.05) is 18.2 Å². The monoisotopic (exact) mass is 403 g/mol. The SMILES string of the molecule is Cc1ccc2cc(C3(O)CCC(OCc4ccccc4)CC3CN(C)C)ccc2c1. The van der Waals surface area contributed by atoms with Crippen molar-refractivity contribution < 1.29 is 9.84 Å². The van der Waals surface area contributed by atoms with Gasteiger partial charge in [-0.25, -0.2) is 0 Å². The van der Waals surface area contributed by atoms with Gasteiger partial charge in [0.25, 0.3) is 0 Å². The zero-order chi connectivity index (χ0) is 21.1. The van der Waals surface area contributed by atoms with Gasteiger partial charge in [-0.15, -0.1) is 0 Å². The normalized spacial score (nSPS) is 24.4. The van der Waals surface area contributed by atoms with Gasteiger partial charge in [0.05, 0.1) is 18.3 Å². The number of aliphatic hydroxyl groups is 1. The molecule has 3 aromatic rings. The first-order valence-corrected chi connectivity index (χ1v) is 11.0. The molecule has 158 valence electrons. The largest absolute Gasteiger partial charge is 0.385 e. The molecule has 4 rings (SSSR count). The second-order valence-corrected chi connectivity index (χ2v) is 9.14. The van der Waals surface area contributed by atoms with Crippen LogP contribution >= 0.6 is 0 Å². The average Bonchev–Trinajstić information content (AvgIpc) is 2.74. The smallest absolute Gasteiger partial charge is 0.0938 e. The Morgan fingerprint density at radius 1 is 1.00 bits per heavy atom. The third kappa shape index (κ3) is 4.59. The van der Waals surface area contributed by atoms with Gasteiger partial charge in [-0.1, -0.05) is 66.2 Å². The van der Waals surface area contributed by atoms with E-state index in [-0.39, 0.29) is 12.0 Å². The molecule has 0 heterocycles. The summed E-state index contributed by atoms with van der Waals surface area (Å²) in [6.45, 7) is 3.59. The molecular weight excluding hydrogens is 370 g/mol. The highest BCUT2D eigenvalue weighted by Crippen LogP contribution is 2.43. The van der Waals surface area contributed by atoms with Gasteiger partial charge >= 0.3 is 0 Å². The van der Waals surface area contributed by atoms with Crippen LogP contribution in [-0.2, 0) is 16.9 Å². The Morgan fingerprint density at radius 2 is 1.73 bits per heavy atom. The van der Waals surface area contributed by atoms with Crippen molar-refractivity contribution in [1.29, 1.82) is 0 Å². The number of fused-ring (bicyclic) bond motifs is 1. The zero-order valence-corrected chi connectivity index (χ0v) is 18.3. The summed E-state index contributed by atoms with van der Waals surface area (Å²) in [5, 5.41) is 14.3. The van der Waals surface area contributed by atoms with Crippen LogP contribution in [0.4, 0.5) is 0 Å². The van der Waals surface area contributed by atoms with Crippen LogP contribution < -0.4 is 0 Å². The Hall–Kier alpha value is -2.20. The minimum Gasteiger partial charge on any atom is -0.385 e. The number of hydrogen-bond donors (Lipinski definition) is 1. The number of benzene rings is 3. The fourth-order valence-corrected chi connectivity index (χ4v) is 4.84. The Labute approximate surface area is 180 Å². The summed E-state index contributed by atoms with van der Waals surface area (Å²) in [5.74, 6) is 0.130. The molecule has 3 heteroatoms. The van der Waals surface area contributed by atoms with Crippen molar-refractivity contribution in [1.82, 2.24) is 4.90 Å². The van der Waals surface area contributed by atoms with Crippen LogP contribution in [0.5, 0.6) is 0 Å². The van der Waals surface area contributed by atoms with Crippen LogP contribution in [0.25, 0.3) is 10.8 Å². The van der Waals surface area contributed by atoms with E-state index in [1.165, 1.54) is 21.9 Å². The molecule has 0 bridgehead atoms. The molecule has 1 aliphatic rings. The van der Waals surface area contributed by atoms with Crippen molar-refractivity contribution in [3.63, 3.8) is 0 Å². The minimum absolute atomic E-state index is 0.130. The lowest BCUT2D eigenvalue weighted by atomic mass is 9.70. The van der Waals surface area contributed by atoms with E-state index in [0.717, 1.165) is 31.4 Å². The second-order valence-electron chi connectivity index (χ2n) is 9.14. The Bertz CT molecular complexity index is 985. The number of hydrogen-bond acceptors (Lipinski definition) is 3. The first kappa shape index (κ1) is 21.0. The van der Waals surface area contributed by atoms with E-state index >= 15 is 0 Å². The van der Waals surface area contributed by atoms with E-state index in [0.29, 0.717) is 6.61 Å². The third-order valence-electron chi connectivity index (χ3n) is 6.48. The van der Waals surface area contributed by atoms with E-state index in [4.69, 9.17) is 4.74 Å².